The van der Waals surface area contributed by atoms with E-state index in [0.717, 1.165) is 24.1 Å². The number of amides is 1. The first-order chi connectivity index (χ1) is 12.6. The van der Waals surface area contributed by atoms with Gasteiger partial charge in [-0.1, -0.05) is 49.6 Å². The Morgan fingerprint density at radius 1 is 1.12 bits per heavy atom. The Kier molecular flexibility index (Phi) is 6.34. The average Bonchev–Trinajstić information content (AvgIpc) is 2.67. The SMILES string of the molecule is Cc1ccnc(C(N[C@@H](C)C(=O)NC2CCCCC2)c2ccccc2)n1. The van der Waals surface area contributed by atoms with Gasteiger partial charge in [0.15, 0.2) is 0 Å². The Bertz CT molecular complexity index is 713. The maximum Gasteiger partial charge on any atom is 0.237 e. The summed E-state index contributed by atoms with van der Waals surface area (Å²) in [4.78, 5) is 21.7. The summed E-state index contributed by atoms with van der Waals surface area (Å²) >= 11 is 0. The lowest BCUT2D eigenvalue weighted by atomic mass is 9.95. The molecule has 1 aromatic heterocycles. The molecule has 26 heavy (non-hydrogen) atoms. The normalized spacial score (nSPS) is 17.5. The van der Waals surface area contributed by atoms with Crippen LogP contribution in [0.3, 0.4) is 0 Å². The number of hydrogen-bond donors (Lipinski definition) is 2. The van der Waals surface area contributed by atoms with E-state index in [0.29, 0.717) is 11.9 Å². The minimum atomic E-state index is -0.328. The van der Waals surface area contributed by atoms with Crippen LogP contribution < -0.4 is 10.6 Å². The quantitative estimate of drug-likeness (QED) is 0.837. The number of rotatable bonds is 6. The van der Waals surface area contributed by atoms with Crippen LogP contribution in [0.15, 0.2) is 42.6 Å². The van der Waals surface area contributed by atoms with Gasteiger partial charge >= 0.3 is 0 Å². The topological polar surface area (TPSA) is 66.9 Å². The average molecular weight is 352 g/mol. The number of benzene rings is 1. The van der Waals surface area contributed by atoms with Crippen LogP contribution in [0, 0.1) is 6.92 Å². The number of hydrogen-bond acceptors (Lipinski definition) is 4. The molecule has 0 bridgehead atoms. The summed E-state index contributed by atoms with van der Waals surface area (Å²) in [6.07, 6.45) is 7.62. The molecular weight excluding hydrogens is 324 g/mol. The molecule has 138 valence electrons. The third-order valence-electron chi connectivity index (χ3n) is 4.97. The highest BCUT2D eigenvalue weighted by molar-refractivity contribution is 5.81. The molecule has 0 spiro atoms. The molecule has 1 saturated carbocycles. The van der Waals surface area contributed by atoms with Crippen LogP contribution >= 0.6 is 0 Å². The second kappa shape index (κ2) is 8.90. The van der Waals surface area contributed by atoms with Crippen LogP contribution in [0.4, 0.5) is 0 Å². The van der Waals surface area contributed by atoms with Crippen LogP contribution in [0.25, 0.3) is 0 Å². The van der Waals surface area contributed by atoms with E-state index in [1.807, 2.05) is 50.2 Å². The molecule has 5 nitrogen and oxygen atoms in total. The van der Waals surface area contributed by atoms with Gasteiger partial charge in [0, 0.05) is 17.9 Å². The van der Waals surface area contributed by atoms with E-state index in [-0.39, 0.29) is 18.0 Å². The maximum atomic E-state index is 12.7. The van der Waals surface area contributed by atoms with Gasteiger partial charge < -0.3 is 5.32 Å². The first-order valence-corrected chi connectivity index (χ1v) is 9.54. The van der Waals surface area contributed by atoms with Crippen molar-refractivity contribution >= 4 is 5.91 Å². The van der Waals surface area contributed by atoms with Crippen molar-refractivity contribution in [2.24, 2.45) is 0 Å². The molecule has 3 rings (SSSR count). The summed E-state index contributed by atoms with van der Waals surface area (Å²) in [5.74, 6) is 0.735. The number of carbonyl (C=O) groups is 1. The predicted molar refractivity (Wildman–Crippen MR) is 103 cm³/mol. The second-order valence-corrected chi connectivity index (χ2v) is 7.13. The first kappa shape index (κ1) is 18.5. The van der Waals surface area contributed by atoms with Crippen molar-refractivity contribution in [3.63, 3.8) is 0 Å². The van der Waals surface area contributed by atoms with Gasteiger partial charge in [-0.05, 0) is 38.3 Å². The van der Waals surface area contributed by atoms with Crippen molar-refractivity contribution in [2.75, 3.05) is 0 Å². The minimum absolute atomic E-state index is 0.0467. The summed E-state index contributed by atoms with van der Waals surface area (Å²) in [5.41, 5.74) is 1.97. The highest BCUT2D eigenvalue weighted by atomic mass is 16.2. The van der Waals surface area contributed by atoms with E-state index in [2.05, 4.69) is 20.6 Å². The van der Waals surface area contributed by atoms with E-state index in [1.165, 1.54) is 19.3 Å². The van der Waals surface area contributed by atoms with Gasteiger partial charge in [0.05, 0.1) is 12.1 Å². The van der Waals surface area contributed by atoms with Gasteiger partial charge in [-0.3, -0.25) is 10.1 Å². The fourth-order valence-corrected chi connectivity index (χ4v) is 3.47. The third-order valence-corrected chi connectivity index (χ3v) is 4.97. The van der Waals surface area contributed by atoms with Crippen molar-refractivity contribution < 1.29 is 4.79 Å². The highest BCUT2D eigenvalue weighted by Gasteiger charge is 2.24. The molecule has 0 aliphatic heterocycles. The van der Waals surface area contributed by atoms with Crippen LogP contribution in [0.1, 0.15) is 62.2 Å². The van der Waals surface area contributed by atoms with Crippen LogP contribution in [0.5, 0.6) is 0 Å². The zero-order chi connectivity index (χ0) is 18.4. The molecular formula is C21H28N4O. The molecule has 5 heteroatoms. The van der Waals surface area contributed by atoms with Crippen molar-refractivity contribution in [1.29, 1.82) is 0 Å². The van der Waals surface area contributed by atoms with Gasteiger partial charge in [-0.2, -0.15) is 0 Å². The van der Waals surface area contributed by atoms with E-state index in [9.17, 15) is 4.79 Å². The molecule has 1 fully saturated rings. The summed E-state index contributed by atoms with van der Waals surface area (Å²) < 4.78 is 0. The third kappa shape index (κ3) is 4.88. The fraction of sp³-hybridized carbons (Fsp3) is 0.476. The first-order valence-electron chi connectivity index (χ1n) is 9.54. The zero-order valence-electron chi connectivity index (χ0n) is 15.6. The number of nitrogens with one attached hydrogen (secondary N) is 2. The number of carbonyl (C=O) groups excluding carboxylic acids is 1. The van der Waals surface area contributed by atoms with E-state index in [4.69, 9.17) is 0 Å². The number of nitrogens with zero attached hydrogens (tertiary/aromatic N) is 2. The van der Waals surface area contributed by atoms with Gasteiger partial charge in [-0.15, -0.1) is 0 Å². The minimum Gasteiger partial charge on any atom is -0.352 e. The van der Waals surface area contributed by atoms with Crippen LogP contribution in [-0.2, 0) is 4.79 Å². The highest BCUT2D eigenvalue weighted by Crippen LogP contribution is 2.20. The lowest BCUT2D eigenvalue weighted by Crippen LogP contribution is -2.48. The lowest BCUT2D eigenvalue weighted by molar-refractivity contribution is -0.123. The second-order valence-electron chi connectivity index (χ2n) is 7.13. The predicted octanol–water partition coefficient (Wildman–Crippen LogP) is 3.30. The van der Waals surface area contributed by atoms with Crippen molar-refractivity contribution in [3.05, 3.63) is 59.7 Å². The zero-order valence-corrected chi connectivity index (χ0v) is 15.6. The van der Waals surface area contributed by atoms with Gasteiger partial charge in [0.25, 0.3) is 0 Å². The molecule has 2 N–H and O–H groups in total. The Labute approximate surface area is 155 Å². The molecule has 0 saturated heterocycles. The molecule has 1 aromatic carbocycles. The van der Waals surface area contributed by atoms with Gasteiger partial charge in [0.1, 0.15) is 5.82 Å². The molecule has 1 amide bonds. The van der Waals surface area contributed by atoms with Crippen molar-refractivity contribution in [3.8, 4) is 0 Å². The van der Waals surface area contributed by atoms with Crippen LogP contribution in [-0.4, -0.2) is 28.0 Å². The van der Waals surface area contributed by atoms with E-state index >= 15 is 0 Å². The standard InChI is InChI=1S/C21H28N4O/c1-15-13-14-22-20(23-15)19(17-9-5-3-6-10-17)24-16(2)21(26)25-18-11-7-4-8-12-18/h3,5-6,9-10,13-14,16,18-19,24H,4,7-8,11-12H2,1-2H3,(H,25,26)/t16-,19?/m0/s1. The molecule has 1 unspecified atom stereocenters. The van der Waals surface area contributed by atoms with Crippen LogP contribution in [0.2, 0.25) is 0 Å². The molecule has 2 aromatic rings. The van der Waals surface area contributed by atoms with Crippen molar-refractivity contribution in [1.82, 2.24) is 20.6 Å². The summed E-state index contributed by atoms with van der Waals surface area (Å²) in [6, 6.07) is 11.7. The maximum absolute atomic E-state index is 12.7. The van der Waals surface area contributed by atoms with Gasteiger partial charge in [0.2, 0.25) is 5.91 Å². The molecule has 1 aliphatic rings. The van der Waals surface area contributed by atoms with E-state index in [1.54, 1.807) is 6.20 Å². The lowest BCUT2D eigenvalue weighted by Gasteiger charge is -2.27. The largest absolute Gasteiger partial charge is 0.352 e. The monoisotopic (exact) mass is 352 g/mol. The smallest absolute Gasteiger partial charge is 0.237 e. The Hall–Kier alpha value is -2.27. The number of aryl methyl sites for hydroxylation is 1. The van der Waals surface area contributed by atoms with E-state index < -0.39 is 0 Å². The summed E-state index contributed by atoms with van der Waals surface area (Å²) in [6.45, 7) is 3.86. The van der Waals surface area contributed by atoms with Crippen molar-refractivity contribution in [2.45, 2.75) is 64.1 Å². The molecule has 1 heterocycles. The Morgan fingerprint density at radius 3 is 2.54 bits per heavy atom. The molecule has 0 radical (unpaired) electrons. The molecule has 2 atom stereocenters. The summed E-state index contributed by atoms with van der Waals surface area (Å²) in [5, 5.41) is 6.63. The Morgan fingerprint density at radius 2 is 1.85 bits per heavy atom. The van der Waals surface area contributed by atoms with Gasteiger partial charge in [-0.25, -0.2) is 9.97 Å². The Balaban J connectivity index is 1.73. The molecule has 1 aliphatic carbocycles. The fourth-order valence-electron chi connectivity index (χ4n) is 3.47. The number of aromatic nitrogens is 2. The summed E-state index contributed by atoms with van der Waals surface area (Å²) in [7, 11) is 0.